The molecule has 0 atom stereocenters. The summed E-state index contributed by atoms with van der Waals surface area (Å²) in [6, 6.07) is 0. The molecule has 2 rings (SSSR count). The van der Waals surface area contributed by atoms with Crippen molar-refractivity contribution in [1.29, 1.82) is 0 Å². The second kappa shape index (κ2) is 4.43. The molecule has 0 saturated heterocycles. The number of ether oxygens (including phenoxy) is 1. The van der Waals surface area contributed by atoms with E-state index in [4.69, 9.17) is 10.5 Å². The van der Waals surface area contributed by atoms with E-state index in [2.05, 4.69) is 20.5 Å². The topological polar surface area (TPSA) is 91.7 Å². The zero-order valence-electron chi connectivity index (χ0n) is 8.12. The van der Waals surface area contributed by atoms with E-state index in [0.717, 1.165) is 10.7 Å². The van der Waals surface area contributed by atoms with Crippen molar-refractivity contribution in [3.8, 4) is 5.13 Å². The van der Waals surface area contributed by atoms with E-state index in [-0.39, 0.29) is 0 Å². The monoisotopic (exact) mass is 226 g/mol. The number of methoxy groups -OCH3 is 1. The largest absolute Gasteiger partial charge is 0.377 e. The standard InChI is InChI=1S/C7H10N6OS/c1-14-4-6-10-11-7(15-6)13-3-5(2-8)9-12-13/h3H,2,4,8H2,1H3. The molecule has 0 spiro atoms. The second-order valence-corrected chi connectivity index (χ2v) is 3.81. The first kappa shape index (κ1) is 10.1. The van der Waals surface area contributed by atoms with Gasteiger partial charge in [0, 0.05) is 13.7 Å². The zero-order valence-corrected chi connectivity index (χ0v) is 8.94. The van der Waals surface area contributed by atoms with Crippen LogP contribution in [0.15, 0.2) is 6.20 Å². The maximum atomic E-state index is 5.43. The molecule has 0 fully saturated rings. The Balaban J connectivity index is 2.21. The summed E-state index contributed by atoms with van der Waals surface area (Å²) in [5.74, 6) is 0. The zero-order chi connectivity index (χ0) is 10.7. The molecule has 80 valence electrons. The first-order valence-corrected chi connectivity index (χ1v) is 5.08. The van der Waals surface area contributed by atoms with E-state index in [1.54, 1.807) is 18.0 Å². The van der Waals surface area contributed by atoms with Crippen molar-refractivity contribution in [1.82, 2.24) is 25.2 Å². The van der Waals surface area contributed by atoms with Crippen molar-refractivity contribution < 1.29 is 4.74 Å². The lowest BCUT2D eigenvalue weighted by Gasteiger charge is -1.89. The van der Waals surface area contributed by atoms with E-state index >= 15 is 0 Å². The van der Waals surface area contributed by atoms with Gasteiger partial charge in [-0.1, -0.05) is 16.6 Å². The molecule has 0 amide bonds. The van der Waals surface area contributed by atoms with E-state index in [1.165, 1.54) is 11.3 Å². The van der Waals surface area contributed by atoms with Gasteiger partial charge in [0.15, 0.2) is 0 Å². The summed E-state index contributed by atoms with van der Waals surface area (Å²) < 4.78 is 6.50. The van der Waals surface area contributed by atoms with Crippen LogP contribution in [0, 0.1) is 0 Å². The van der Waals surface area contributed by atoms with E-state index in [1.807, 2.05) is 0 Å². The maximum absolute atomic E-state index is 5.43. The number of hydrogen-bond acceptors (Lipinski definition) is 7. The molecule has 0 aliphatic carbocycles. The highest BCUT2D eigenvalue weighted by atomic mass is 32.1. The molecule has 7 nitrogen and oxygen atoms in total. The van der Waals surface area contributed by atoms with Crippen LogP contribution < -0.4 is 5.73 Å². The van der Waals surface area contributed by atoms with Gasteiger partial charge in [-0.05, 0) is 0 Å². The summed E-state index contributed by atoms with van der Waals surface area (Å²) in [4.78, 5) is 0. The van der Waals surface area contributed by atoms with Gasteiger partial charge < -0.3 is 10.5 Å². The van der Waals surface area contributed by atoms with Crippen LogP contribution in [0.3, 0.4) is 0 Å². The van der Waals surface area contributed by atoms with Crippen molar-refractivity contribution in [2.75, 3.05) is 7.11 Å². The fourth-order valence-corrected chi connectivity index (χ4v) is 1.74. The lowest BCUT2D eigenvalue weighted by molar-refractivity contribution is 0.184. The van der Waals surface area contributed by atoms with Crippen LogP contribution in [0.2, 0.25) is 0 Å². The third-order valence-electron chi connectivity index (χ3n) is 1.67. The Hall–Kier alpha value is -1.38. The molecule has 0 saturated carbocycles. The van der Waals surface area contributed by atoms with E-state index in [0.29, 0.717) is 18.3 Å². The highest BCUT2D eigenvalue weighted by Gasteiger charge is 2.07. The first-order valence-electron chi connectivity index (χ1n) is 4.26. The number of aromatic nitrogens is 5. The van der Waals surface area contributed by atoms with Gasteiger partial charge in [-0.25, -0.2) is 0 Å². The summed E-state index contributed by atoms with van der Waals surface area (Å²) in [6.45, 7) is 0.819. The number of hydrogen-bond donors (Lipinski definition) is 1. The molecule has 0 unspecified atom stereocenters. The van der Waals surface area contributed by atoms with Crippen LogP contribution in [0.5, 0.6) is 0 Å². The third-order valence-corrected chi connectivity index (χ3v) is 2.56. The third kappa shape index (κ3) is 2.17. The molecule has 0 radical (unpaired) electrons. The number of nitrogens with two attached hydrogens (primary N) is 1. The SMILES string of the molecule is COCc1nnc(-n2cc(CN)nn2)s1. The van der Waals surface area contributed by atoms with Crippen LogP contribution >= 0.6 is 11.3 Å². The predicted molar refractivity (Wildman–Crippen MR) is 53.4 cm³/mol. The average molecular weight is 226 g/mol. The summed E-state index contributed by atoms with van der Waals surface area (Å²) in [5, 5.41) is 17.1. The van der Waals surface area contributed by atoms with Crippen molar-refractivity contribution in [2.45, 2.75) is 13.2 Å². The Kier molecular flexibility index (Phi) is 2.99. The second-order valence-electron chi connectivity index (χ2n) is 2.77. The molecule has 0 bridgehead atoms. The van der Waals surface area contributed by atoms with Crippen LogP contribution in [0.25, 0.3) is 5.13 Å². The van der Waals surface area contributed by atoms with Crippen molar-refractivity contribution in [3.63, 3.8) is 0 Å². The van der Waals surface area contributed by atoms with Gasteiger partial charge in [-0.2, -0.15) is 4.68 Å². The fraction of sp³-hybridized carbons (Fsp3) is 0.429. The number of nitrogens with zero attached hydrogens (tertiary/aromatic N) is 5. The normalized spacial score (nSPS) is 10.8. The summed E-state index contributed by atoms with van der Waals surface area (Å²) in [6.07, 6.45) is 1.73. The van der Waals surface area contributed by atoms with Gasteiger partial charge in [0.2, 0.25) is 5.13 Å². The molecule has 15 heavy (non-hydrogen) atoms. The molecule has 8 heteroatoms. The van der Waals surface area contributed by atoms with Gasteiger partial charge in [0.05, 0.1) is 11.9 Å². The molecular formula is C7H10N6OS. The van der Waals surface area contributed by atoms with Crippen LogP contribution in [0.1, 0.15) is 10.7 Å². The Morgan fingerprint density at radius 2 is 2.33 bits per heavy atom. The van der Waals surface area contributed by atoms with Crippen LogP contribution in [0.4, 0.5) is 0 Å². The Morgan fingerprint density at radius 1 is 1.47 bits per heavy atom. The van der Waals surface area contributed by atoms with Crippen molar-refractivity contribution in [2.24, 2.45) is 5.73 Å². The van der Waals surface area contributed by atoms with Gasteiger partial charge in [0.25, 0.3) is 0 Å². The summed E-state index contributed by atoms with van der Waals surface area (Å²) >= 11 is 1.41. The minimum absolute atomic E-state index is 0.365. The fourth-order valence-electron chi connectivity index (χ4n) is 1.00. The highest BCUT2D eigenvalue weighted by molar-refractivity contribution is 7.13. The minimum Gasteiger partial charge on any atom is -0.377 e. The molecule has 2 N–H and O–H groups in total. The Morgan fingerprint density at radius 3 is 3.00 bits per heavy atom. The van der Waals surface area contributed by atoms with Crippen molar-refractivity contribution in [3.05, 3.63) is 16.9 Å². The molecule has 2 aromatic heterocycles. The molecule has 0 aromatic carbocycles. The lowest BCUT2D eigenvalue weighted by Crippen LogP contribution is -1.95. The maximum Gasteiger partial charge on any atom is 0.234 e. The average Bonchev–Trinajstić information content (AvgIpc) is 2.85. The van der Waals surface area contributed by atoms with Gasteiger partial charge in [0.1, 0.15) is 11.6 Å². The van der Waals surface area contributed by atoms with E-state index < -0.39 is 0 Å². The van der Waals surface area contributed by atoms with E-state index in [9.17, 15) is 0 Å². The smallest absolute Gasteiger partial charge is 0.234 e. The molecule has 0 aliphatic heterocycles. The van der Waals surface area contributed by atoms with Gasteiger partial charge in [-0.3, -0.25) is 0 Å². The van der Waals surface area contributed by atoms with Crippen molar-refractivity contribution >= 4 is 11.3 Å². The Bertz CT molecular complexity index is 438. The number of rotatable bonds is 4. The summed E-state index contributed by atoms with van der Waals surface area (Å²) in [5.41, 5.74) is 6.15. The minimum atomic E-state index is 0.365. The Labute approximate surface area is 89.9 Å². The van der Waals surface area contributed by atoms with Gasteiger partial charge in [-0.15, -0.1) is 15.3 Å². The van der Waals surface area contributed by atoms with Gasteiger partial charge >= 0.3 is 0 Å². The summed E-state index contributed by atoms with van der Waals surface area (Å²) in [7, 11) is 1.61. The van der Waals surface area contributed by atoms with Crippen LogP contribution in [-0.4, -0.2) is 32.3 Å². The lowest BCUT2D eigenvalue weighted by atomic mass is 10.5. The quantitative estimate of drug-likeness (QED) is 0.771. The molecular weight excluding hydrogens is 216 g/mol. The molecule has 2 heterocycles. The predicted octanol–water partition coefficient (Wildman–Crippen LogP) is -0.276. The molecule has 0 aliphatic rings. The molecule has 2 aromatic rings. The first-order chi connectivity index (χ1) is 7.33. The van der Waals surface area contributed by atoms with Crippen LogP contribution in [-0.2, 0) is 17.9 Å². The highest BCUT2D eigenvalue weighted by Crippen LogP contribution is 2.14.